The first kappa shape index (κ1) is 25.2. The van der Waals surface area contributed by atoms with Crippen LogP contribution in [0, 0.1) is 18.3 Å². The Morgan fingerprint density at radius 1 is 1.09 bits per heavy atom. The largest absolute Gasteiger partial charge is 0.494 e. The van der Waals surface area contributed by atoms with Gasteiger partial charge in [0, 0.05) is 17.5 Å². The van der Waals surface area contributed by atoms with E-state index in [0.717, 1.165) is 29.0 Å². The number of aromatic nitrogens is 1. The van der Waals surface area contributed by atoms with Gasteiger partial charge >= 0.3 is 0 Å². The summed E-state index contributed by atoms with van der Waals surface area (Å²) in [6.07, 6.45) is 10.1. The van der Waals surface area contributed by atoms with Crippen molar-refractivity contribution in [1.82, 2.24) is 4.98 Å². The van der Waals surface area contributed by atoms with Crippen LogP contribution in [0.2, 0.25) is 0 Å². The van der Waals surface area contributed by atoms with Gasteiger partial charge in [-0.3, -0.25) is 10.1 Å². The van der Waals surface area contributed by atoms with Gasteiger partial charge in [0.1, 0.15) is 17.4 Å². The van der Waals surface area contributed by atoms with E-state index in [1.807, 2.05) is 30.3 Å². The summed E-state index contributed by atoms with van der Waals surface area (Å²) in [5, 5.41) is 12.7. The molecule has 0 atom stereocenters. The lowest BCUT2D eigenvalue weighted by Crippen LogP contribution is -2.13. The van der Waals surface area contributed by atoms with E-state index in [1.165, 1.54) is 48.1 Å². The number of anilines is 1. The summed E-state index contributed by atoms with van der Waals surface area (Å²) in [5.41, 5.74) is 3.20. The molecule has 5 nitrogen and oxygen atoms in total. The number of amides is 1. The average molecular weight is 474 g/mol. The molecular weight excluding hydrogens is 442 g/mol. The van der Waals surface area contributed by atoms with Gasteiger partial charge in [0.15, 0.2) is 5.13 Å². The predicted molar refractivity (Wildman–Crippen MR) is 139 cm³/mol. The van der Waals surface area contributed by atoms with Crippen molar-refractivity contribution in [2.45, 2.75) is 52.4 Å². The molecule has 0 aliphatic heterocycles. The minimum atomic E-state index is -0.467. The van der Waals surface area contributed by atoms with Crippen LogP contribution in [0.5, 0.6) is 5.75 Å². The first-order valence-corrected chi connectivity index (χ1v) is 12.6. The summed E-state index contributed by atoms with van der Waals surface area (Å²) in [6.45, 7) is 4.96. The number of benzene rings is 2. The van der Waals surface area contributed by atoms with E-state index in [4.69, 9.17) is 4.74 Å². The number of nitrogens with zero attached hydrogens (tertiary/aromatic N) is 2. The number of aryl methyl sites for hydroxylation is 1. The molecule has 1 heterocycles. The second-order valence-electron chi connectivity index (χ2n) is 8.25. The molecule has 6 heteroatoms. The molecule has 0 bridgehead atoms. The molecule has 0 aliphatic rings. The molecular formula is C28H31N3O2S. The smallest absolute Gasteiger partial charge is 0.268 e. The molecule has 1 N–H and O–H groups in total. The number of nitriles is 1. The van der Waals surface area contributed by atoms with Crippen molar-refractivity contribution in [3.63, 3.8) is 0 Å². The summed E-state index contributed by atoms with van der Waals surface area (Å²) in [5.74, 6) is 0.325. The van der Waals surface area contributed by atoms with Crippen LogP contribution in [-0.2, 0) is 11.2 Å². The van der Waals surface area contributed by atoms with E-state index in [0.29, 0.717) is 11.7 Å². The summed E-state index contributed by atoms with van der Waals surface area (Å²) < 4.78 is 5.78. The zero-order valence-corrected chi connectivity index (χ0v) is 20.7. The molecule has 0 saturated heterocycles. The van der Waals surface area contributed by atoms with Crippen LogP contribution in [-0.4, -0.2) is 17.5 Å². The van der Waals surface area contributed by atoms with E-state index in [2.05, 4.69) is 48.4 Å². The van der Waals surface area contributed by atoms with Gasteiger partial charge in [0.05, 0.1) is 6.61 Å². The van der Waals surface area contributed by atoms with Crippen molar-refractivity contribution in [2.75, 3.05) is 11.9 Å². The Morgan fingerprint density at radius 3 is 2.53 bits per heavy atom. The van der Waals surface area contributed by atoms with Crippen molar-refractivity contribution >= 4 is 28.5 Å². The quantitative estimate of drug-likeness (QED) is 0.176. The highest BCUT2D eigenvalue weighted by Crippen LogP contribution is 2.22. The molecule has 0 fully saturated rings. The summed E-state index contributed by atoms with van der Waals surface area (Å²) in [7, 11) is 0. The lowest BCUT2D eigenvalue weighted by molar-refractivity contribution is -0.112. The number of carbonyl (C=O) groups is 1. The number of carbonyl (C=O) groups excluding carboxylic acids is 1. The Balaban J connectivity index is 1.53. The van der Waals surface area contributed by atoms with Crippen LogP contribution < -0.4 is 10.1 Å². The summed E-state index contributed by atoms with van der Waals surface area (Å²) in [6, 6.07) is 17.8. The van der Waals surface area contributed by atoms with Crippen LogP contribution >= 0.6 is 11.3 Å². The van der Waals surface area contributed by atoms with Gasteiger partial charge in [-0.05, 0) is 42.7 Å². The van der Waals surface area contributed by atoms with Gasteiger partial charge in [-0.15, -0.1) is 11.3 Å². The lowest BCUT2D eigenvalue weighted by atomic mass is 10.1. The van der Waals surface area contributed by atoms with Crippen molar-refractivity contribution in [3.8, 4) is 11.8 Å². The van der Waals surface area contributed by atoms with E-state index >= 15 is 0 Å². The van der Waals surface area contributed by atoms with Crippen LogP contribution in [0.3, 0.4) is 0 Å². The molecule has 2 aromatic carbocycles. The molecule has 0 saturated carbocycles. The molecule has 0 unspecified atom stereocenters. The SMILES string of the molecule is CCCCCCCOc1ccc(C=C(C#N)C(=O)Nc2ncc(Cc3ccc(C)cc3)s2)cc1. The third-order valence-corrected chi connectivity index (χ3v) is 6.26. The molecule has 0 spiro atoms. The number of ether oxygens (including phenoxy) is 1. The first-order chi connectivity index (χ1) is 16.6. The van der Waals surface area contributed by atoms with Gasteiger partial charge in [0.2, 0.25) is 0 Å². The number of nitrogens with one attached hydrogen (secondary N) is 1. The Kier molecular flexibility index (Phi) is 9.87. The fourth-order valence-electron chi connectivity index (χ4n) is 3.39. The monoisotopic (exact) mass is 473 g/mol. The van der Waals surface area contributed by atoms with E-state index in [9.17, 15) is 10.1 Å². The van der Waals surface area contributed by atoms with Crippen LogP contribution in [0.15, 0.2) is 60.3 Å². The highest BCUT2D eigenvalue weighted by molar-refractivity contribution is 7.15. The Bertz CT molecular complexity index is 1130. The molecule has 0 aliphatic carbocycles. The second-order valence-corrected chi connectivity index (χ2v) is 9.36. The van der Waals surface area contributed by atoms with Crippen molar-refractivity contribution in [3.05, 3.63) is 81.9 Å². The fourth-order valence-corrected chi connectivity index (χ4v) is 4.23. The van der Waals surface area contributed by atoms with Crippen LogP contribution in [0.1, 0.15) is 60.6 Å². The van der Waals surface area contributed by atoms with Gasteiger partial charge in [-0.1, -0.05) is 74.6 Å². The highest BCUT2D eigenvalue weighted by Gasteiger charge is 2.12. The number of hydrogen-bond acceptors (Lipinski definition) is 5. The lowest BCUT2D eigenvalue weighted by Gasteiger charge is -2.06. The molecule has 34 heavy (non-hydrogen) atoms. The van der Waals surface area contributed by atoms with Gasteiger partial charge in [0.25, 0.3) is 5.91 Å². The fraction of sp³-hybridized carbons (Fsp3) is 0.321. The minimum absolute atomic E-state index is 0.0277. The van der Waals surface area contributed by atoms with Crippen molar-refractivity contribution in [2.24, 2.45) is 0 Å². The topological polar surface area (TPSA) is 75.0 Å². The molecule has 176 valence electrons. The number of rotatable bonds is 12. The van der Waals surface area contributed by atoms with Gasteiger partial charge in [-0.25, -0.2) is 4.98 Å². The summed E-state index contributed by atoms with van der Waals surface area (Å²) >= 11 is 1.41. The molecule has 1 amide bonds. The first-order valence-electron chi connectivity index (χ1n) is 11.7. The third-order valence-electron chi connectivity index (χ3n) is 5.35. The Morgan fingerprint density at radius 2 is 1.82 bits per heavy atom. The predicted octanol–water partition coefficient (Wildman–Crippen LogP) is 6.94. The number of unbranched alkanes of at least 4 members (excludes halogenated alkanes) is 4. The van der Waals surface area contributed by atoms with Gasteiger partial charge < -0.3 is 4.74 Å². The highest BCUT2D eigenvalue weighted by atomic mass is 32.1. The molecule has 3 rings (SSSR count). The maximum atomic E-state index is 12.6. The maximum Gasteiger partial charge on any atom is 0.268 e. The van der Waals surface area contributed by atoms with Crippen molar-refractivity contribution in [1.29, 1.82) is 5.26 Å². The standard InChI is InChI=1S/C28H31N3O2S/c1-3-4-5-6-7-16-33-25-14-12-22(13-15-25)17-24(19-29)27(32)31-28-30-20-26(34-28)18-23-10-8-21(2)9-11-23/h8-15,17,20H,3-7,16,18H2,1-2H3,(H,30,31,32). The zero-order valence-electron chi connectivity index (χ0n) is 19.8. The third kappa shape index (κ3) is 8.17. The Labute approximate surface area is 206 Å². The van der Waals surface area contributed by atoms with Crippen LogP contribution in [0.4, 0.5) is 5.13 Å². The molecule has 0 radical (unpaired) electrons. The minimum Gasteiger partial charge on any atom is -0.494 e. The van der Waals surface area contributed by atoms with Crippen LogP contribution in [0.25, 0.3) is 6.08 Å². The normalized spacial score (nSPS) is 11.1. The van der Waals surface area contributed by atoms with E-state index in [1.54, 1.807) is 12.3 Å². The second kappa shape index (κ2) is 13.3. The average Bonchev–Trinajstić information content (AvgIpc) is 3.28. The van der Waals surface area contributed by atoms with Gasteiger partial charge in [-0.2, -0.15) is 5.26 Å². The zero-order chi connectivity index (χ0) is 24.2. The molecule has 1 aromatic heterocycles. The van der Waals surface area contributed by atoms with E-state index < -0.39 is 5.91 Å². The Hall–Kier alpha value is -3.43. The van der Waals surface area contributed by atoms with E-state index in [-0.39, 0.29) is 5.57 Å². The van der Waals surface area contributed by atoms with Crippen molar-refractivity contribution < 1.29 is 9.53 Å². The number of thiazole rings is 1. The number of hydrogen-bond donors (Lipinski definition) is 1. The maximum absolute atomic E-state index is 12.6. The molecule has 3 aromatic rings. The summed E-state index contributed by atoms with van der Waals surface area (Å²) in [4.78, 5) is 17.9.